The minimum Gasteiger partial charge on any atom is -0.451 e. The number of aromatic nitrogens is 3. The van der Waals surface area contributed by atoms with Crippen molar-refractivity contribution in [3.05, 3.63) is 47.0 Å². The van der Waals surface area contributed by atoms with Crippen molar-refractivity contribution in [1.29, 1.82) is 0 Å². The average molecular weight is 310 g/mol. The fourth-order valence-corrected chi connectivity index (χ4v) is 2.22. The zero-order valence-corrected chi connectivity index (χ0v) is 12.5. The number of carbonyl (C=O) groups is 1. The van der Waals surface area contributed by atoms with E-state index in [4.69, 9.17) is 16.3 Å². The maximum absolute atomic E-state index is 11.3. The number of thioether (sulfide) groups is 1. The van der Waals surface area contributed by atoms with E-state index in [1.165, 1.54) is 18.7 Å². The van der Waals surface area contributed by atoms with E-state index in [-0.39, 0.29) is 5.15 Å². The molecule has 0 aliphatic rings. The van der Waals surface area contributed by atoms with Crippen LogP contribution >= 0.6 is 23.4 Å². The lowest BCUT2D eigenvalue weighted by Crippen LogP contribution is -2.13. The third kappa shape index (κ3) is 3.46. The van der Waals surface area contributed by atoms with Crippen LogP contribution in [-0.4, -0.2) is 27.2 Å². The Morgan fingerprint density at radius 2 is 2.15 bits per heavy atom. The molecule has 1 atom stereocenters. The average Bonchev–Trinajstić information content (AvgIpc) is 2.45. The van der Waals surface area contributed by atoms with Crippen LogP contribution in [-0.2, 0) is 9.53 Å². The van der Waals surface area contributed by atoms with Crippen LogP contribution in [0.4, 0.5) is 0 Å². The van der Waals surface area contributed by atoms with Gasteiger partial charge in [-0.05, 0) is 18.4 Å². The smallest absolute Gasteiger partial charge is 0.303 e. The molecule has 0 amide bonds. The van der Waals surface area contributed by atoms with Gasteiger partial charge in [-0.25, -0.2) is 15.0 Å². The van der Waals surface area contributed by atoms with Gasteiger partial charge in [0.2, 0.25) is 0 Å². The molecular weight excluding hydrogens is 298 g/mol. The maximum atomic E-state index is 11.3. The minimum atomic E-state index is -0.692. The Morgan fingerprint density at radius 3 is 2.80 bits per heavy atom. The van der Waals surface area contributed by atoms with Gasteiger partial charge in [0.1, 0.15) is 5.15 Å². The number of nitrogens with zero attached hydrogens (tertiary/aromatic N) is 3. The Bertz CT molecular complexity index is 624. The molecule has 2 aromatic rings. The summed E-state index contributed by atoms with van der Waals surface area (Å²) in [5.41, 5.74) is 1.16. The maximum Gasteiger partial charge on any atom is 0.303 e. The second-order valence-corrected chi connectivity index (χ2v) is 4.97. The van der Waals surface area contributed by atoms with Crippen molar-refractivity contribution in [1.82, 2.24) is 15.0 Å². The molecule has 0 saturated carbocycles. The number of hydrogen-bond donors (Lipinski definition) is 0. The number of ether oxygens (including phenoxy) is 1. The van der Waals surface area contributed by atoms with Crippen molar-refractivity contribution in [3.8, 4) is 0 Å². The second kappa shape index (κ2) is 6.67. The van der Waals surface area contributed by atoms with Crippen molar-refractivity contribution in [2.45, 2.75) is 18.2 Å². The molecule has 2 aromatic heterocycles. The lowest BCUT2D eigenvalue weighted by molar-refractivity contribution is -0.144. The first-order valence-corrected chi connectivity index (χ1v) is 7.36. The molecule has 0 spiro atoms. The van der Waals surface area contributed by atoms with E-state index < -0.39 is 12.1 Å². The molecule has 0 aliphatic carbocycles. The van der Waals surface area contributed by atoms with E-state index in [1.54, 1.807) is 30.6 Å². The predicted octanol–water partition coefficient (Wildman–Crippen LogP) is 2.90. The van der Waals surface area contributed by atoms with Crippen molar-refractivity contribution in [2.24, 2.45) is 0 Å². The quantitative estimate of drug-likeness (QED) is 0.374. The fraction of sp³-hybridized carbons (Fsp3) is 0.231. The highest BCUT2D eigenvalue weighted by Crippen LogP contribution is 2.29. The van der Waals surface area contributed by atoms with Crippen molar-refractivity contribution in [3.63, 3.8) is 0 Å². The molecule has 0 aliphatic heterocycles. The number of esters is 1. The normalized spacial score (nSPS) is 11.9. The third-order valence-corrected chi connectivity index (χ3v) is 3.34. The molecule has 0 bridgehead atoms. The number of pyridine rings is 1. The van der Waals surface area contributed by atoms with Gasteiger partial charge in [-0.15, -0.1) is 0 Å². The lowest BCUT2D eigenvalue weighted by atomic mass is 10.1. The minimum absolute atomic E-state index is 0.281. The summed E-state index contributed by atoms with van der Waals surface area (Å²) in [6.45, 7) is 1.34. The van der Waals surface area contributed by atoms with Crippen LogP contribution in [0, 0.1) is 0 Å². The molecule has 104 valence electrons. The van der Waals surface area contributed by atoms with Crippen LogP contribution in [0.3, 0.4) is 0 Å². The first kappa shape index (κ1) is 14.7. The summed E-state index contributed by atoms with van der Waals surface area (Å²) in [7, 11) is 0. The molecule has 1 unspecified atom stereocenters. The zero-order chi connectivity index (χ0) is 14.5. The second-order valence-electron chi connectivity index (χ2n) is 3.84. The van der Waals surface area contributed by atoms with Gasteiger partial charge < -0.3 is 4.74 Å². The molecule has 0 aromatic carbocycles. The lowest BCUT2D eigenvalue weighted by Gasteiger charge is -2.17. The van der Waals surface area contributed by atoms with Gasteiger partial charge in [0.25, 0.3) is 0 Å². The molecular formula is C13H12ClN3O2S. The Labute approximate surface area is 125 Å². The molecule has 2 heterocycles. The number of carbonyl (C=O) groups excluding carboxylic acids is 1. The molecule has 0 N–H and O–H groups in total. The van der Waals surface area contributed by atoms with Gasteiger partial charge in [-0.1, -0.05) is 29.4 Å². The summed E-state index contributed by atoms with van der Waals surface area (Å²) in [6, 6.07) is 5.18. The molecule has 5 nitrogen and oxygen atoms in total. The molecule has 20 heavy (non-hydrogen) atoms. The Morgan fingerprint density at radius 1 is 1.35 bits per heavy atom. The standard InChI is InChI=1S/C13H12ClN3O2S/c1-8(18)19-11(9-4-3-6-15-12(9)14)10-5-7-16-13(17-10)20-2/h3-7,11H,1-2H3. The van der Waals surface area contributed by atoms with E-state index in [0.29, 0.717) is 16.4 Å². The van der Waals surface area contributed by atoms with Gasteiger partial charge in [0.05, 0.1) is 5.69 Å². The van der Waals surface area contributed by atoms with Crippen molar-refractivity contribution in [2.75, 3.05) is 6.26 Å². The summed E-state index contributed by atoms with van der Waals surface area (Å²) in [6.07, 6.45) is 4.37. The predicted molar refractivity (Wildman–Crippen MR) is 76.7 cm³/mol. The summed E-state index contributed by atoms with van der Waals surface area (Å²) < 4.78 is 5.34. The highest BCUT2D eigenvalue weighted by molar-refractivity contribution is 7.98. The van der Waals surface area contributed by atoms with Gasteiger partial charge in [0, 0.05) is 24.9 Å². The molecule has 0 radical (unpaired) electrons. The number of rotatable bonds is 4. The summed E-state index contributed by atoms with van der Waals surface area (Å²) >= 11 is 7.48. The fourth-order valence-electron chi connectivity index (χ4n) is 1.64. The van der Waals surface area contributed by atoms with Gasteiger partial charge >= 0.3 is 5.97 Å². The van der Waals surface area contributed by atoms with Crippen LogP contribution in [0.2, 0.25) is 5.15 Å². The summed E-state index contributed by atoms with van der Waals surface area (Å²) in [4.78, 5) is 23.8. The topological polar surface area (TPSA) is 65.0 Å². The SMILES string of the molecule is CSc1nccc(C(OC(C)=O)c2cccnc2Cl)n1. The highest BCUT2D eigenvalue weighted by atomic mass is 35.5. The third-order valence-electron chi connectivity index (χ3n) is 2.46. The first-order valence-electron chi connectivity index (χ1n) is 5.76. The number of halogens is 1. The molecule has 0 fully saturated rings. The van der Waals surface area contributed by atoms with E-state index in [0.717, 1.165) is 0 Å². The monoisotopic (exact) mass is 309 g/mol. The Kier molecular flexibility index (Phi) is 4.92. The van der Waals surface area contributed by atoms with E-state index in [9.17, 15) is 4.79 Å². The summed E-state index contributed by atoms with van der Waals surface area (Å²) in [5.74, 6) is -0.417. The van der Waals surface area contributed by atoms with Crippen LogP contribution in [0.15, 0.2) is 35.7 Å². The zero-order valence-electron chi connectivity index (χ0n) is 10.9. The molecule has 0 saturated heterocycles. The van der Waals surface area contributed by atoms with Gasteiger partial charge in [-0.2, -0.15) is 0 Å². The van der Waals surface area contributed by atoms with E-state index in [1.807, 2.05) is 6.26 Å². The van der Waals surface area contributed by atoms with Crippen LogP contribution < -0.4 is 0 Å². The van der Waals surface area contributed by atoms with Gasteiger partial charge in [-0.3, -0.25) is 4.79 Å². The van der Waals surface area contributed by atoms with Gasteiger partial charge in [0.15, 0.2) is 11.3 Å². The van der Waals surface area contributed by atoms with E-state index in [2.05, 4.69) is 15.0 Å². The molecule has 7 heteroatoms. The van der Waals surface area contributed by atoms with Crippen molar-refractivity contribution >= 4 is 29.3 Å². The van der Waals surface area contributed by atoms with Crippen LogP contribution in [0.5, 0.6) is 0 Å². The van der Waals surface area contributed by atoms with Crippen LogP contribution in [0.25, 0.3) is 0 Å². The van der Waals surface area contributed by atoms with Crippen LogP contribution in [0.1, 0.15) is 24.3 Å². The largest absolute Gasteiger partial charge is 0.451 e. The Hall–Kier alpha value is -1.66. The van der Waals surface area contributed by atoms with Crippen molar-refractivity contribution < 1.29 is 9.53 Å². The Balaban J connectivity index is 2.47. The highest BCUT2D eigenvalue weighted by Gasteiger charge is 2.22. The molecule has 2 rings (SSSR count). The van der Waals surface area contributed by atoms with E-state index >= 15 is 0 Å². The number of hydrogen-bond acceptors (Lipinski definition) is 6. The first-order chi connectivity index (χ1) is 9.61. The summed E-state index contributed by atoms with van der Waals surface area (Å²) in [5, 5.41) is 0.878.